The minimum Gasteiger partial charge on any atom is -0.496 e. The topological polar surface area (TPSA) is 28.3 Å². The Morgan fingerprint density at radius 3 is 2.38 bits per heavy atom. The predicted molar refractivity (Wildman–Crippen MR) is 92.8 cm³/mol. The molecule has 0 aliphatic heterocycles. The largest absolute Gasteiger partial charge is 0.496 e. The Bertz CT molecular complexity index is 555. The van der Waals surface area contributed by atoms with E-state index in [0.29, 0.717) is 12.1 Å². The van der Waals surface area contributed by atoms with E-state index in [-0.39, 0.29) is 12.4 Å². The number of fused-ring (bicyclic) bond motifs is 1. The molecule has 1 N–H and O–H groups in total. The molecule has 0 radical (unpaired) electrons. The first-order valence-electron chi connectivity index (χ1n) is 7.43. The first-order valence-corrected chi connectivity index (χ1v) is 7.43. The van der Waals surface area contributed by atoms with E-state index in [1.54, 1.807) is 7.11 Å². The number of hydrogen-bond donors (Lipinski definition) is 1. The van der Waals surface area contributed by atoms with Gasteiger partial charge in [0.05, 0.1) is 7.11 Å². The van der Waals surface area contributed by atoms with E-state index in [1.165, 1.54) is 10.9 Å². The second-order valence-corrected chi connectivity index (χ2v) is 5.87. The standard InChI is InChI=1S/C17H26N2O.ClH/c1-12(2)19(13(3)4)10-9-14-11-18-15-7-6-8-16(20-5)17(14)15;/h6-8,11-13,18H,9-10H2,1-5H3;1H. The number of ether oxygens (including phenoxy) is 1. The third kappa shape index (κ3) is 3.92. The minimum absolute atomic E-state index is 0. The summed E-state index contributed by atoms with van der Waals surface area (Å²) in [4.78, 5) is 5.87. The highest BCUT2D eigenvalue weighted by Crippen LogP contribution is 2.29. The molecule has 21 heavy (non-hydrogen) atoms. The molecule has 0 amide bonds. The summed E-state index contributed by atoms with van der Waals surface area (Å²) in [6.07, 6.45) is 3.16. The van der Waals surface area contributed by atoms with Gasteiger partial charge in [-0.25, -0.2) is 0 Å². The number of nitrogens with one attached hydrogen (secondary N) is 1. The van der Waals surface area contributed by atoms with Gasteiger partial charge in [-0.2, -0.15) is 0 Å². The van der Waals surface area contributed by atoms with Crippen LogP contribution in [-0.2, 0) is 6.42 Å². The van der Waals surface area contributed by atoms with Crippen LogP contribution in [0.5, 0.6) is 5.75 Å². The maximum atomic E-state index is 5.49. The van der Waals surface area contributed by atoms with Crippen LogP contribution in [0, 0.1) is 0 Å². The molecule has 1 aromatic carbocycles. The molecule has 0 spiro atoms. The fourth-order valence-electron chi connectivity index (χ4n) is 2.95. The van der Waals surface area contributed by atoms with Crippen molar-refractivity contribution < 1.29 is 4.74 Å². The molecule has 0 aliphatic carbocycles. The fraction of sp³-hybridized carbons (Fsp3) is 0.529. The van der Waals surface area contributed by atoms with E-state index in [2.05, 4.69) is 49.8 Å². The Morgan fingerprint density at radius 2 is 1.81 bits per heavy atom. The SMILES string of the molecule is COc1cccc2[nH]cc(CCN(C(C)C)C(C)C)c12.Cl. The van der Waals surface area contributed by atoms with Gasteiger partial charge in [-0.05, 0) is 51.8 Å². The van der Waals surface area contributed by atoms with Crippen molar-refractivity contribution in [3.8, 4) is 5.75 Å². The second kappa shape index (κ2) is 7.71. The summed E-state index contributed by atoms with van der Waals surface area (Å²) in [5.74, 6) is 0.958. The molecule has 0 atom stereocenters. The summed E-state index contributed by atoms with van der Waals surface area (Å²) >= 11 is 0. The van der Waals surface area contributed by atoms with Crippen LogP contribution >= 0.6 is 12.4 Å². The average molecular weight is 311 g/mol. The highest BCUT2D eigenvalue weighted by molar-refractivity contribution is 5.89. The van der Waals surface area contributed by atoms with Crippen molar-refractivity contribution in [2.45, 2.75) is 46.2 Å². The van der Waals surface area contributed by atoms with Crippen LogP contribution in [0.2, 0.25) is 0 Å². The number of aromatic nitrogens is 1. The third-order valence-corrected chi connectivity index (χ3v) is 3.94. The van der Waals surface area contributed by atoms with Gasteiger partial charge in [-0.15, -0.1) is 12.4 Å². The van der Waals surface area contributed by atoms with E-state index in [4.69, 9.17) is 4.74 Å². The molecule has 0 aliphatic rings. The Kier molecular flexibility index (Phi) is 6.56. The van der Waals surface area contributed by atoms with Crippen molar-refractivity contribution in [1.82, 2.24) is 9.88 Å². The van der Waals surface area contributed by atoms with Gasteiger partial charge in [0, 0.05) is 35.7 Å². The highest BCUT2D eigenvalue weighted by Gasteiger charge is 2.15. The summed E-state index contributed by atoms with van der Waals surface area (Å²) < 4.78 is 5.49. The Balaban J connectivity index is 0.00000220. The number of aromatic amines is 1. The molecule has 2 aromatic rings. The summed E-state index contributed by atoms with van der Waals surface area (Å²) in [6.45, 7) is 10.1. The lowest BCUT2D eigenvalue weighted by molar-refractivity contribution is 0.177. The van der Waals surface area contributed by atoms with Gasteiger partial charge < -0.3 is 9.72 Å². The summed E-state index contributed by atoms with van der Waals surface area (Å²) in [7, 11) is 1.74. The first kappa shape index (κ1) is 17.9. The maximum Gasteiger partial charge on any atom is 0.128 e. The third-order valence-electron chi connectivity index (χ3n) is 3.94. The Hall–Kier alpha value is -1.19. The zero-order valence-corrected chi connectivity index (χ0v) is 14.5. The molecule has 0 fully saturated rings. The molecule has 1 aromatic heterocycles. The van der Waals surface area contributed by atoms with Crippen LogP contribution in [0.1, 0.15) is 33.3 Å². The van der Waals surface area contributed by atoms with Gasteiger partial charge in [-0.1, -0.05) is 6.07 Å². The summed E-state index contributed by atoms with van der Waals surface area (Å²) in [6, 6.07) is 7.30. The average Bonchev–Trinajstić information content (AvgIpc) is 2.81. The molecule has 3 nitrogen and oxygen atoms in total. The van der Waals surface area contributed by atoms with E-state index < -0.39 is 0 Å². The molecule has 1 heterocycles. The first-order chi connectivity index (χ1) is 9.54. The van der Waals surface area contributed by atoms with Gasteiger partial charge >= 0.3 is 0 Å². The zero-order valence-electron chi connectivity index (χ0n) is 13.6. The van der Waals surface area contributed by atoms with Gasteiger partial charge in [0.15, 0.2) is 0 Å². The zero-order chi connectivity index (χ0) is 14.7. The van der Waals surface area contributed by atoms with E-state index in [1.807, 2.05) is 12.1 Å². The molecule has 0 unspecified atom stereocenters. The van der Waals surface area contributed by atoms with Crippen molar-refractivity contribution in [2.75, 3.05) is 13.7 Å². The molecule has 0 saturated heterocycles. The van der Waals surface area contributed by atoms with E-state index in [9.17, 15) is 0 Å². The molecular weight excluding hydrogens is 284 g/mol. The number of H-pyrrole nitrogens is 1. The van der Waals surface area contributed by atoms with Crippen LogP contribution < -0.4 is 4.74 Å². The van der Waals surface area contributed by atoms with Crippen LogP contribution in [0.25, 0.3) is 10.9 Å². The second-order valence-electron chi connectivity index (χ2n) is 5.87. The molecule has 4 heteroatoms. The van der Waals surface area contributed by atoms with Crippen molar-refractivity contribution in [1.29, 1.82) is 0 Å². The quantitative estimate of drug-likeness (QED) is 0.863. The van der Waals surface area contributed by atoms with Crippen molar-refractivity contribution in [2.24, 2.45) is 0 Å². The smallest absolute Gasteiger partial charge is 0.128 e. The normalized spacial score (nSPS) is 11.4. The lowest BCUT2D eigenvalue weighted by Crippen LogP contribution is -2.38. The maximum absolute atomic E-state index is 5.49. The number of benzene rings is 1. The molecular formula is C17H27ClN2O. The molecule has 2 rings (SSSR count). The predicted octanol–water partition coefficient (Wildman–Crippen LogP) is 4.26. The fourth-order valence-corrected chi connectivity index (χ4v) is 2.95. The summed E-state index contributed by atoms with van der Waals surface area (Å²) in [5.41, 5.74) is 2.49. The highest BCUT2D eigenvalue weighted by atomic mass is 35.5. The van der Waals surface area contributed by atoms with Gasteiger partial charge in [0.2, 0.25) is 0 Å². The number of halogens is 1. The minimum atomic E-state index is 0. The molecule has 0 saturated carbocycles. The number of hydrogen-bond acceptors (Lipinski definition) is 2. The van der Waals surface area contributed by atoms with Crippen molar-refractivity contribution >= 4 is 23.3 Å². The van der Waals surface area contributed by atoms with Crippen LogP contribution in [0.4, 0.5) is 0 Å². The monoisotopic (exact) mass is 310 g/mol. The number of nitrogens with zero attached hydrogens (tertiary/aromatic N) is 1. The lowest BCUT2D eigenvalue weighted by atomic mass is 10.1. The Labute approximate surface area is 134 Å². The number of methoxy groups -OCH3 is 1. The van der Waals surface area contributed by atoms with E-state index in [0.717, 1.165) is 24.2 Å². The van der Waals surface area contributed by atoms with Crippen molar-refractivity contribution in [3.05, 3.63) is 30.0 Å². The van der Waals surface area contributed by atoms with Crippen LogP contribution in [-0.4, -0.2) is 35.6 Å². The number of rotatable bonds is 6. The van der Waals surface area contributed by atoms with Gasteiger partial charge in [0.1, 0.15) is 5.75 Å². The Morgan fingerprint density at radius 1 is 1.14 bits per heavy atom. The van der Waals surface area contributed by atoms with Crippen LogP contribution in [0.3, 0.4) is 0 Å². The molecule has 0 bridgehead atoms. The van der Waals surface area contributed by atoms with Gasteiger partial charge in [0.25, 0.3) is 0 Å². The van der Waals surface area contributed by atoms with Crippen LogP contribution in [0.15, 0.2) is 24.4 Å². The van der Waals surface area contributed by atoms with Crippen molar-refractivity contribution in [3.63, 3.8) is 0 Å². The van der Waals surface area contributed by atoms with Gasteiger partial charge in [-0.3, -0.25) is 4.90 Å². The lowest BCUT2D eigenvalue weighted by Gasteiger charge is -2.30. The van der Waals surface area contributed by atoms with E-state index >= 15 is 0 Å². The molecule has 118 valence electrons. The summed E-state index contributed by atoms with van der Waals surface area (Å²) in [5, 5.41) is 1.22.